The van der Waals surface area contributed by atoms with E-state index in [1.165, 1.54) is 0 Å². The second kappa shape index (κ2) is 3.85. The maximum Gasteiger partial charge on any atom is 0.0945 e. The van der Waals surface area contributed by atoms with Gasteiger partial charge in [0.05, 0.1) is 30.1 Å². The summed E-state index contributed by atoms with van der Waals surface area (Å²) < 4.78 is 1.68. The van der Waals surface area contributed by atoms with Crippen LogP contribution >= 0.6 is 11.3 Å². The van der Waals surface area contributed by atoms with Gasteiger partial charge in [0.15, 0.2) is 0 Å². The van der Waals surface area contributed by atoms with Crippen molar-refractivity contribution < 1.29 is 5.11 Å². The fourth-order valence-corrected chi connectivity index (χ4v) is 1.76. The molecule has 2 aromatic heterocycles. The third kappa shape index (κ3) is 1.80. The highest BCUT2D eigenvalue weighted by molar-refractivity contribution is 7.09. The van der Waals surface area contributed by atoms with Crippen molar-refractivity contribution in [2.45, 2.75) is 19.6 Å². The first-order valence-electron chi connectivity index (χ1n) is 4.21. The average molecular weight is 210 g/mol. The number of nitrogens with zero attached hydrogens (tertiary/aromatic N) is 4. The molecule has 2 heterocycles. The molecule has 6 heteroatoms. The van der Waals surface area contributed by atoms with Crippen molar-refractivity contribution in [3.63, 3.8) is 0 Å². The van der Waals surface area contributed by atoms with E-state index in [1.54, 1.807) is 40.8 Å². The second-order valence-corrected chi connectivity index (χ2v) is 3.93. The predicted molar refractivity (Wildman–Crippen MR) is 51.9 cm³/mol. The average Bonchev–Trinajstić information content (AvgIpc) is 2.75. The first-order valence-corrected chi connectivity index (χ1v) is 5.09. The summed E-state index contributed by atoms with van der Waals surface area (Å²) in [4.78, 5) is 5.07. The number of rotatable bonds is 3. The van der Waals surface area contributed by atoms with Crippen LogP contribution in [0.15, 0.2) is 17.9 Å². The largest absolute Gasteiger partial charge is 0.387 e. The fourth-order valence-electron chi connectivity index (χ4n) is 1.18. The summed E-state index contributed by atoms with van der Waals surface area (Å²) in [5, 5.41) is 17.1. The molecule has 0 aromatic carbocycles. The molecule has 0 saturated carbocycles. The molecule has 1 atom stereocenters. The van der Waals surface area contributed by atoms with Gasteiger partial charge in [-0.3, -0.25) is 4.98 Å². The molecule has 0 unspecified atom stereocenters. The van der Waals surface area contributed by atoms with Crippen LogP contribution < -0.4 is 0 Å². The highest BCUT2D eigenvalue weighted by Crippen LogP contribution is 2.13. The van der Waals surface area contributed by atoms with Gasteiger partial charge >= 0.3 is 0 Å². The Morgan fingerprint density at radius 2 is 2.43 bits per heavy atom. The summed E-state index contributed by atoms with van der Waals surface area (Å²) in [7, 11) is 0. The molecule has 0 aliphatic rings. The van der Waals surface area contributed by atoms with Crippen molar-refractivity contribution in [1.29, 1.82) is 0 Å². The van der Waals surface area contributed by atoms with Crippen molar-refractivity contribution in [2.75, 3.05) is 0 Å². The minimum atomic E-state index is -0.544. The number of hydrogen-bond acceptors (Lipinski definition) is 5. The summed E-state index contributed by atoms with van der Waals surface area (Å²) in [5.41, 5.74) is 2.49. The molecule has 74 valence electrons. The van der Waals surface area contributed by atoms with Crippen LogP contribution in [0.5, 0.6) is 0 Å². The van der Waals surface area contributed by atoms with Crippen LogP contribution in [0.2, 0.25) is 0 Å². The standard InChI is InChI=1S/C8H10N4OS/c1-6(13)8-3-10-11-12(8)4-7-2-9-5-14-7/h2-3,5-6,13H,4H2,1H3/t6-/m0/s1. The third-order valence-electron chi connectivity index (χ3n) is 1.86. The fraction of sp³-hybridized carbons (Fsp3) is 0.375. The molecule has 0 fully saturated rings. The Kier molecular flexibility index (Phi) is 2.55. The van der Waals surface area contributed by atoms with Crippen molar-refractivity contribution >= 4 is 11.3 Å². The lowest BCUT2D eigenvalue weighted by atomic mass is 10.3. The summed E-state index contributed by atoms with van der Waals surface area (Å²) in [6.45, 7) is 2.31. The molecule has 0 radical (unpaired) electrons. The van der Waals surface area contributed by atoms with E-state index in [4.69, 9.17) is 0 Å². The van der Waals surface area contributed by atoms with E-state index in [2.05, 4.69) is 15.3 Å². The third-order valence-corrected chi connectivity index (χ3v) is 2.63. The van der Waals surface area contributed by atoms with Gasteiger partial charge in [0.1, 0.15) is 0 Å². The van der Waals surface area contributed by atoms with E-state index < -0.39 is 6.10 Å². The van der Waals surface area contributed by atoms with Gasteiger partial charge in [0.2, 0.25) is 0 Å². The van der Waals surface area contributed by atoms with Gasteiger partial charge in [-0.05, 0) is 6.92 Å². The molecule has 0 aliphatic carbocycles. The second-order valence-electron chi connectivity index (χ2n) is 2.96. The molecular formula is C8H10N4OS. The van der Waals surface area contributed by atoms with Crippen molar-refractivity contribution in [1.82, 2.24) is 20.0 Å². The van der Waals surface area contributed by atoms with E-state index in [9.17, 15) is 5.11 Å². The van der Waals surface area contributed by atoms with Crippen LogP contribution in [0.1, 0.15) is 23.6 Å². The van der Waals surface area contributed by atoms with Crippen molar-refractivity contribution in [2.24, 2.45) is 0 Å². The van der Waals surface area contributed by atoms with E-state index in [0.717, 1.165) is 10.6 Å². The van der Waals surface area contributed by atoms with Crippen molar-refractivity contribution in [3.8, 4) is 0 Å². The zero-order valence-electron chi connectivity index (χ0n) is 7.66. The summed E-state index contributed by atoms with van der Waals surface area (Å²) in [6, 6.07) is 0. The monoisotopic (exact) mass is 210 g/mol. The van der Waals surface area contributed by atoms with Crippen LogP contribution in [-0.2, 0) is 6.54 Å². The Bertz CT molecular complexity index is 395. The Labute approximate surface area is 85.0 Å². The molecule has 0 saturated heterocycles. The van der Waals surface area contributed by atoms with Gasteiger partial charge in [0, 0.05) is 11.1 Å². The lowest BCUT2D eigenvalue weighted by Crippen LogP contribution is -2.07. The first kappa shape index (κ1) is 9.29. The SMILES string of the molecule is C[C@H](O)c1cnnn1Cc1cncs1. The molecule has 0 bridgehead atoms. The molecular weight excluding hydrogens is 200 g/mol. The molecule has 2 aromatic rings. The van der Waals surface area contributed by atoms with E-state index in [-0.39, 0.29) is 0 Å². The van der Waals surface area contributed by atoms with Gasteiger partial charge in [-0.2, -0.15) is 0 Å². The van der Waals surface area contributed by atoms with E-state index in [0.29, 0.717) is 6.54 Å². The summed E-state index contributed by atoms with van der Waals surface area (Å²) in [5.74, 6) is 0. The molecule has 0 aliphatic heterocycles. The predicted octanol–water partition coefficient (Wildman–Crippen LogP) is 0.836. The van der Waals surface area contributed by atoms with Gasteiger partial charge in [-0.1, -0.05) is 5.21 Å². The minimum Gasteiger partial charge on any atom is -0.387 e. The molecule has 1 N–H and O–H groups in total. The smallest absolute Gasteiger partial charge is 0.0945 e. The van der Waals surface area contributed by atoms with Crippen LogP contribution in [0.25, 0.3) is 0 Å². The van der Waals surface area contributed by atoms with Gasteiger partial charge in [0.25, 0.3) is 0 Å². The van der Waals surface area contributed by atoms with Crippen molar-refractivity contribution in [3.05, 3.63) is 28.5 Å². The quantitative estimate of drug-likeness (QED) is 0.815. The minimum absolute atomic E-state index is 0.544. The van der Waals surface area contributed by atoms with Crippen LogP contribution in [0.4, 0.5) is 0 Å². The Morgan fingerprint density at radius 3 is 3.07 bits per heavy atom. The van der Waals surface area contributed by atoms with Crippen LogP contribution in [0.3, 0.4) is 0 Å². The van der Waals surface area contributed by atoms with E-state index >= 15 is 0 Å². The zero-order valence-corrected chi connectivity index (χ0v) is 8.48. The van der Waals surface area contributed by atoms with Gasteiger partial charge in [-0.15, -0.1) is 16.4 Å². The molecule has 0 spiro atoms. The Balaban J connectivity index is 2.21. The number of aromatic nitrogens is 4. The van der Waals surface area contributed by atoms with E-state index in [1.807, 2.05) is 0 Å². The maximum absolute atomic E-state index is 9.41. The normalized spacial score (nSPS) is 13.0. The number of thiazole rings is 1. The summed E-state index contributed by atoms with van der Waals surface area (Å²) >= 11 is 1.56. The highest BCUT2D eigenvalue weighted by atomic mass is 32.1. The highest BCUT2D eigenvalue weighted by Gasteiger charge is 2.09. The lowest BCUT2D eigenvalue weighted by molar-refractivity contribution is 0.188. The summed E-state index contributed by atoms with van der Waals surface area (Å²) in [6.07, 6.45) is 2.82. The Morgan fingerprint density at radius 1 is 1.57 bits per heavy atom. The number of hydrogen-bond donors (Lipinski definition) is 1. The molecule has 14 heavy (non-hydrogen) atoms. The van der Waals surface area contributed by atoms with Gasteiger partial charge < -0.3 is 5.11 Å². The molecule has 5 nitrogen and oxygen atoms in total. The topological polar surface area (TPSA) is 63.8 Å². The zero-order chi connectivity index (χ0) is 9.97. The number of aliphatic hydroxyl groups excluding tert-OH is 1. The maximum atomic E-state index is 9.41. The van der Waals surface area contributed by atoms with Crippen LogP contribution in [0, 0.1) is 0 Å². The lowest BCUT2D eigenvalue weighted by Gasteiger charge is -2.05. The van der Waals surface area contributed by atoms with Gasteiger partial charge in [-0.25, -0.2) is 4.68 Å². The molecule has 2 rings (SSSR count). The Hall–Kier alpha value is -1.27. The number of aliphatic hydroxyl groups is 1. The first-order chi connectivity index (χ1) is 6.77. The van der Waals surface area contributed by atoms with Crippen LogP contribution in [-0.4, -0.2) is 25.1 Å². The molecule has 0 amide bonds.